The van der Waals surface area contributed by atoms with Gasteiger partial charge in [-0.2, -0.15) is 9.78 Å². The second-order valence-electron chi connectivity index (χ2n) is 7.92. The molecule has 5 rings (SSSR count). The average molecular weight is 572 g/mol. The zero-order valence-electron chi connectivity index (χ0n) is 19.8. The smallest absolute Gasteiger partial charge is 0.287 e. The summed E-state index contributed by atoms with van der Waals surface area (Å²) in [4.78, 5) is 32.6. The molecule has 0 fully saturated rings. The number of hydrogen-bond donors (Lipinski definition) is 0. The Labute approximate surface area is 224 Å². The summed E-state index contributed by atoms with van der Waals surface area (Å²) in [7, 11) is 1.48. The molecule has 0 atom stereocenters. The molecule has 0 saturated carbocycles. The number of rotatable bonds is 7. The molecule has 5 aromatic rings. The number of hydrogen-bond acceptors (Lipinski definition) is 8. The molecular weight excluding hydrogens is 554 g/mol. The van der Waals surface area contributed by atoms with Crippen LogP contribution in [0.15, 0.2) is 99.4 Å². The van der Waals surface area contributed by atoms with Crippen LogP contribution < -0.4 is 15.0 Å². The van der Waals surface area contributed by atoms with Gasteiger partial charge in [-0.3, -0.25) is 14.9 Å². The fourth-order valence-corrected chi connectivity index (χ4v) is 4.17. The number of nitrogens with zero attached hydrogens (tertiary/aromatic N) is 5. The third kappa shape index (κ3) is 5.00. The first-order valence-corrected chi connectivity index (χ1v) is 12.0. The lowest BCUT2D eigenvalue weighted by Crippen LogP contribution is -2.20. The van der Waals surface area contributed by atoms with Gasteiger partial charge in [-0.25, -0.2) is 9.97 Å². The van der Waals surface area contributed by atoms with E-state index in [0.717, 1.165) is 6.20 Å². The molecule has 2 heterocycles. The summed E-state index contributed by atoms with van der Waals surface area (Å²) in [6.07, 6.45) is 2.55. The van der Waals surface area contributed by atoms with E-state index in [4.69, 9.17) is 14.5 Å². The summed E-state index contributed by atoms with van der Waals surface area (Å²) >= 11 is 3.45. The van der Waals surface area contributed by atoms with Crippen LogP contribution in [-0.4, -0.2) is 32.9 Å². The van der Waals surface area contributed by atoms with E-state index in [9.17, 15) is 14.9 Å². The first kappa shape index (κ1) is 24.8. The van der Waals surface area contributed by atoms with E-state index in [2.05, 4.69) is 26.0 Å². The predicted molar refractivity (Wildman–Crippen MR) is 146 cm³/mol. The minimum atomic E-state index is -0.547. The zero-order valence-corrected chi connectivity index (χ0v) is 21.4. The SMILES string of the molecule is COc1cc(Br)cc(C=Nn2c(-c3ccccc3)nc3ccccc3c2=O)c1Oc1ccc([N+](=O)[O-])cn1. The van der Waals surface area contributed by atoms with Crippen LogP contribution in [0.25, 0.3) is 22.3 Å². The van der Waals surface area contributed by atoms with E-state index in [1.807, 2.05) is 36.4 Å². The van der Waals surface area contributed by atoms with E-state index in [1.165, 1.54) is 30.1 Å². The molecule has 0 N–H and O–H groups in total. The Morgan fingerprint density at radius 2 is 1.82 bits per heavy atom. The van der Waals surface area contributed by atoms with Crippen molar-refractivity contribution in [3.63, 3.8) is 0 Å². The van der Waals surface area contributed by atoms with Gasteiger partial charge >= 0.3 is 0 Å². The number of ether oxygens (including phenoxy) is 2. The number of nitro groups is 1. The van der Waals surface area contributed by atoms with E-state index in [0.29, 0.717) is 38.1 Å². The van der Waals surface area contributed by atoms with Gasteiger partial charge in [0, 0.05) is 27.7 Å². The van der Waals surface area contributed by atoms with E-state index >= 15 is 0 Å². The second-order valence-corrected chi connectivity index (χ2v) is 8.84. The minimum Gasteiger partial charge on any atom is -0.493 e. The molecule has 2 aromatic heterocycles. The molecule has 0 spiro atoms. The largest absolute Gasteiger partial charge is 0.493 e. The van der Waals surface area contributed by atoms with Crippen molar-refractivity contribution in [1.82, 2.24) is 14.6 Å². The number of aromatic nitrogens is 3. The van der Waals surface area contributed by atoms with Crippen LogP contribution in [0.3, 0.4) is 0 Å². The van der Waals surface area contributed by atoms with Gasteiger partial charge in [0.1, 0.15) is 6.20 Å². The highest BCUT2D eigenvalue weighted by Crippen LogP contribution is 2.37. The van der Waals surface area contributed by atoms with Crippen LogP contribution in [0.4, 0.5) is 5.69 Å². The van der Waals surface area contributed by atoms with Gasteiger partial charge in [-0.15, -0.1) is 0 Å². The first-order valence-electron chi connectivity index (χ1n) is 11.2. The molecule has 0 bridgehead atoms. The fourth-order valence-electron chi connectivity index (χ4n) is 3.72. The first-order chi connectivity index (χ1) is 18.4. The van der Waals surface area contributed by atoms with E-state index in [1.54, 1.807) is 30.3 Å². The van der Waals surface area contributed by atoms with Crippen molar-refractivity contribution in [2.45, 2.75) is 0 Å². The van der Waals surface area contributed by atoms with E-state index < -0.39 is 4.92 Å². The molecule has 0 saturated heterocycles. The maximum atomic E-state index is 13.5. The average Bonchev–Trinajstić information content (AvgIpc) is 2.94. The Bertz CT molecular complexity index is 1740. The molecule has 188 valence electrons. The van der Waals surface area contributed by atoms with Crippen LogP contribution in [0.1, 0.15) is 5.56 Å². The second kappa shape index (κ2) is 10.6. The van der Waals surface area contributed by atoms with Gasteiger partial charge < -0.3 is 9.47 Å². The van der Waals surface area contributed by atoms with Crippen molar-refractivity contribution < 1.29 is 14.4 Å². The quantitative estimate of drug-likeness (QED) is 0.137. The van der Waals surface area contributed by atoms with Crippen molar-refractivity contribution in [3.8, 4) is 28.8 Å². The summed E-state index contributed by atoms with van der Waals surface area (Å²) < 4.78 is 13.4. The van der Waals surface area contributed by atoms with Crippen molar-refractivity contribution in [2.24, 2.45) is 5.10 Å². The molecular formula is C27H18BrN5O5. The molecule has 0 aliphatic heterocycles. The van der Waals surface area contributed by atoms with Crippen LogP contribution in [0.2, 0.25) is 0 Å². The molecule has 10 nitrogen and oxygen atoms in total. The Morgan fingerprint density at radius 3 is 2.53 bits per heavy atom. The lowest BCUT2D eigenvalue weighted by molar-refractivity contribution is -0.385. The number of methoxy groups -OCH3 is 1. The van der Waals surface area contributed by atoms with Gasteiger partial charge in [0.15, 0.2) is 17.3 Å². The summed E-state index contributed by atoms with van der Waals surface area (Å²) in [5, 5.41) is 15.9. The van der Waals surface area contributed by atoms with Crippen molar-refractivity contribution in [3.05, 3.63) is 116 Å². The number of fused-ring (bicyclic) bond motifs is 1. The topological polar surface area (TPSA) is 122 Å². The molecule has 0 aliphatic carbocycles. The van der Waals surface area contributed by atoms with Crippen LogP contribution >= 0.6 is 15.9 Å². The number of benzene rings is 3. The summed E-state index contributed by atoms with van der Waals surface area (Å²) in [5.74, 6) is 1.09. The Morgan fingerprint density at radius 1 is 1.05 bits per heavy atom. The highest BCUT2D eigenvalue weighted by Gasteiger charge is 2.16. The number of halogens is 1. The molecule has 0 amide bonds. The maximum absolute atomic E-state index is 13.5. The van der Waals surface area contributed by atoms with Crippen LogP contribution in [0.5, 0.6) is 17.4 Å². The van der Waals surface area contributed by atoms with Gasteiger partial charge in [0.25, 0.3) is 11.2 Å². The molecule has 38 heavy (non-hydrogen) atoms. The summed E-state index contributed by atoms with van der Waals surface area (Å²) in [6.45, 7) is 0. The predicted octanol–water partition coefficient (Wildman–Crippen LogP) is 5.81. The maximum Gasteiger partial charge on any atom is 0.287 e. The van der Waals surface area contributed by atoms with Crippen molar-refractivity contribution in [1.29, 1.82) is 0 Å². The van der Waals surface area contributed by atoms with Gasteiger partial charge in [0.2, 0.25) is 5.88 Å². The van der Waals surface area contributed by atoms with Crippen LogP contribution in [0, 0.1) is 10.1 Å². The lowest BCUT2D eigenvalue weighted by Gasteiger charge is -2.13. The Kier molecular flexibility index (Phi) is 6.92. The standard InChI is InChI=1S/C27H18BrN5O5/c1-37-23-14-19(28)13-18(25(23)38-24-12-11-20(16-29-24)33(35)36)15-30-32-26(17-7-3-2-4-8-17)31-22-10-6-5-9-21(22)27(32)34/h2-16H,1H3. The molecule has 0 unspecified atom stereocenters. The Balaban J connectivity index is 1.64. The summed E-state index contributed by atoms with van der Waals surface area (Å²) in [5.41, 5.74) is 1.22. The Hall–Kier alpha value is -4.90. The normalized spacial score (nSPS) is 11.1. The van der Waals surface area contributed by atoms with Gasteiger partial charge in [-0.1, -0.05) is 58.4 Å². The minimum absolute atomic E-state index is 0.111. The number of para-hydroxylation sites is 1. The fraction of sp³-hybridized carbons (Fsp3) is 0.0370. The molecule has 11 heteroatoms. The molecule has 0 aliphatic rings. The molecule has 0 radical (unpaired) electrons. The third-order valence-electron chi connectivity index (χ3n) is 5.50. The summed E-state index contributed by atoms with van der Waals surface area (Å²) in [6, 6.07) is 22.4. The van der Waals surface area contributed by atoms with Crippen molar-refractivity contribution >= 4 is 38.7 Å². The zero-order chi connectivity index (χ0) is 26.6. The highest BCUT2D eigenvalue weighted by atomic mass is 79.9. The van der Waals surface area contributed by atoms with Gasteiger partial charge in [0.05, 0.1) is 29.2 Å². The lowest BCUT2D eigenvalue weighted by atomic mass is 10.2. The molecule has 3 aromatic carbocycles. The number of pyridine rings is 1. The van der Waals surface area contributed by atoms with Gasteiger partial charge in [-0.05, 0) is 24.3 Å². The third-order valence-corrected chi connectivity index (χ3v) is 5.96. The van der Waals surface area contributed by atoms with E-state index in [-0.39, 0.29) is 22.9 Å². The highest BCUT2D eigenvalue weighted by molar-refractivity contribution is 9.10. The van der Waals surface area contributed by atoms with Crippen molar-refractivity contribution in [2.75, 3.05) is 7.11 Å². The monoisotopic (exact) mass is 571 g/mol. The van der Waals surface area contributed by atoms with Crippen LogP contribution in [-0.2, 0) is 0 Å².